The van der Waals surface area contributed by atoms with Crippen molar-refractivity contribution < 1.29 is 12.8 Å². The molecule has 0 amide bonds. The molecular weight excluding hydrogens is 298 g/mol. The number of rotatable bonds is 5. The maximum Gasteiger partial charge on any atom is 0.274 e. The van der Waals surface area contributed by atoms with E-state index in [1.54, 1.807) is 13.0 Å². The Morgan fingerprint density at radius 2 is 2.15 bits per heavy atom. The third-order valence-electron chi connectivity index (χ3n) is 2.77. The minimum Gasteiger partial charge on any atom is -0.447 e. The molecule has 2 rings (SSSR count). The Bertz CT molecular complexity index is 703. The van der Waals surface area contributed by atoms with E-state index in [0.29, 0.717) is 5.76 Å². The van der Waals surface area contributed by atoms with Gasteiger partial charge in [0.25, 0.3) is 10.0 Å². The summed E-state index contributed by atoms with van der Waals surface area (Å²) in [5.74, 6) is 0.433. The molecule has 0 fully saturated rings. The maximum atomic E-state index is 12.2. The zero-order valence-corrected chi connectivity index (χ0v) is 13.1. The van der Waals surface area contributed by atoms with E-state index in [4.69, 9.17) is 10.2 Å². The number of furan rings is 1. The van der Waals surface area contributed by atoms with Crippen molar-refractivity contribution in [3.63, 3.8) is 0 Å². The highest BCUT2D eigenvalue weighted by Crippen LogP contribution is 2.26. The zero-order chi connectivity index (χ0) is 14.9. The molecular formula is C12H17N3O3S2. The van der Waals surface area contributed by atoms with Crippen LogP contribution >= 0.6 is 11.3 Å². The number of nitrogens with one attached hydrogen (secondary N) is 1. The number of nitrogens with zero attached hydrogens (tertiary/aromatic N) is 1. The van der Waals surface area contributed by atoms with Gasteiger partial charge in [-0.25, -0.2) is 18.1 Å². The molecule has 2 aromatic rings. The fourth-order valence-corrected chi connectivity index (χ4v) is 4.07. The summed E-state index contributed by atoms with van der Waals surface area (Å²) in [6, 6.07) is 2.60. The summed E-state index contributed by atoms with van der Waals surface area (Å²) in [5.41, 5.74) is 6.24. The van der Waals surface area contributed by atoms with Crippen molar-refractivity contribution in [2.24, 2.45) is 5.73 Å². The second-order valence-electron chi connectivity index (χ2n) is 4.45. The molecule has 0 bridgehead atoms. The summed E-state index contributed by atoms with van der Waals surface area (Å²) in [7, 11) is -3.70. The Labute approximate surface area is 122 Å². The van der Waals surface area contributed by atoms with E-state index < -0.39 is 10.0 Å². The van der Waals surface area contributed by atoms with Gasteiger partial charge in [-0.05, 0) is 32.9 Å². The van der Waals surface area contributed by atoms with E-state index >= 15 is 0 Å². The number of aryl methyl sites for hydroxylation is 2. The van der Waals surface area contributed by atoms with E-state index in [2.05, 4.69) is 9.71 Å². The molecule has 2 heterocycles. The monoisotopic (exact) mass is 315 g/mol. The summed E-state index contributed by atoms with van der Waals surface area (Å²) in [6.07, 6.45) is 0. The highest BCUT2D eigenvalue weighted by molar-refractivity contribution is 7.89. The van der Waals surface area contributed by atoms with Gasteiger partial charge in [-0.15, -0.1) is 11.3 Å². The number of hydrogen-bond acceptors (Lipinski definition) is 6. The van der Waals surface area contributed by atoms with Gasteiger partial charge < -0.3 is 10.2 Å². The van der Waals surface area contributed by atoms with E-state index in [0.717, 1.165) is 15.6 Å². The van der Waals surface area contributed by atoms with Gasteiger partial charge in [-0.1, -0.05) is 0 Å². The van der Waals surface area contributed by atoms with Gasteiger partial charge in [-0.2, -0.15) is 0 Å². The fraction of sp³-hybridized carbons (Fsp3) is 0.417. The molecule has 0 spiro atoms. The van der Waals surface area contributed by atoms with Crippen LogP contribution in [0.2, 0.25) is 0 Å². The molecule has 1 unspecified atom stereocenters. The highest BCUT2D eigenvalue weighted by Gasteiger charge is 2.24. The molecule has 1 atom stereocenters. The Kier molecular flexibility index (Phi) is 4.28. The zero-order valence-electron chi connectivity index (χ0n) is 11.5. The molecule has 110 valence electrons. The lowest BCUT2D eigenvalue weighted by molar-refractivity contribution is 0.411. The van der Waals surface area contributed by atoms with Crippen molar-refractivity contribution in [2.75, 3.05) is 0 Å². The van der Waals surface area contributed by atoms with Crippen LogP contribution < -0.4 is 10.5 Å². The van der Waals surface area contributed by atoms with Crippen LogP contribution in [0.5, 0.6) is 0 Å². The van der Waals surface area contributed by atoms with E-state index in [-0.39, 0.29) is 17.7 Å². The molecule has 6 nitrogen and oxygen atoms in total. The first-order valence-electron chi connectivity index (χ1n) is 6.08. The number of thiazole rings is 1. The van der Waals surface area contributed by atoms with Crippen LogP contribution in [0.15, 0.2) is 21.6 Å². The van der Waals surface area contributed by atoms with Gasteiger partial charge in [0.1, 0.15) is 5.76 Å². The van der Waals surface area contributed by atoms with Gasteiger partial charge >= 0.3 is 0 Å². The average Bonchev–Trinajstić information content (AvgIpc) is 2.95. The lowest BCUT2D eigenvalue weighted by atomic mass is 10.2. The van der Waals surface area contributed by atoms with Gasteiger partial charge in [0.05, 0.1) is 23.3 Å². The van der Waals surface area contributed by atoms with Crippen LogP contribution in [0.3, 0.4) is 0 Å². The first-order valence-corrected chi connectivity index (χ1v) is 8.38. The maximum absolute atomic E-state index is 12.2. The van der Waals surface area contributed by atoms with E-state index in [9.17, 15) is 8.42 Å². The molecule has 0 aliphatic carbocycles. The van der Waals surface area contributed by atoms with Gasteiger partial charge in [0.2, 0.25) is 5.09 Å². The average molecular weight is 315 g/mol. The Balaban J connectivity index is 2.21. The van der Waals surface area contributed by atoms with Gasteiger partial charge in [0.15, 0.2) is 0 Å². The quantitative estimate of drug-likeness (QED) is 0.877. The first-order chi connectivity index (χ1) is 9.33. The summed E-state index contributed by atoms with van der Waals surface area (Å²) >= 11 is 1.48. The molecule has 0 aromatic carbocycles. The smallest absolute Gasteiger partial charge is 0.274 e. The number of nitrogens with two attached hydrogens (primary N) is 1. The summed E-state index contributed by atoms with van der Waals surface area (Å²) in [6.45, 7) is 5.70. The van der Waals surface area contributed by atoms with Crippen LogP contribution in [0, 0.1) is 13.8 Å². The summed E-state index contributed by atoms with van der Waals surface area (Å²) in [5, 5.41) is 0.788. The second kappa shape index (κ2) is 5.65. The molecule has 8 heteroatoms. The van der Waals surface area contributed by atoms with Crippen molar-refractivity contribution in [3.05, 3.63) is 33.5 Å². The number of sulfonamides is 1. The summed E-state index contributed by atoms with van der Waals surface area (Å²) in [4.78, 5) is 5.20. The minimum absolute atomic E-state index is 0.122. The second-order valence-corrected chi connectivity index (χ2v) is 7.33. The Hall–Kier alpha value is -1.22. The molecule has 0 saturated heterocycles. The molecule has 3 N–H and O–H groups in total. The Morgan fingerprint density at radius 3 is 2.65 bits per heavy atom. The normalized spacial score (nSPS) is 13.6. The van der Waals surface area contributed by atoms with Crippen molar-refractivity contribution >= 4 is 21.4 Å². The van der Waals surface area contributed by atoms with Crippen molar-refractivity contribution in [1.29, 1.82) is 0 Å². The largest absolute Gasteiger partial charge is 0.447 e. The van der Waals surface area contributed by atoms with Crippen molar-refractivity contribution in [1.82, 2.24) is 9.71 Å². The van der Waals surface area contributed by atoms with E-state index in [1.807, 2.05) is 13.8 Å². The van der Waals surface area contributed by atoms with Crippen LogP contribution in [0.1, 0.15) is 34.3 Å². The predicted molar refractivity (Wildman–Crippen MR) is 76.9 cm³/mol. The topological polar surface area (TPSA) is 98.2 Å². The van der Waals surface area contributed by atoms with E-state index in [1.165, 1.54) is 17.4 Å². The summed E-state index contributed by atoms with van der Waals surface area (Å²) < 4.78 is 32.2. The Morgan fingerprint density at radius 1 is 1.45 bits per heavy atom. The molecule has 0 aliphatic rings. The van der Waals surface area contributed by atoms with Crippen molar-refractivity contribution in [3.8, 4) is 0 Å². The molecule has 0 saturated carbocycles. The third kappa shape index (κ3) is 3.09. The molecule has 0 radical (unpaired) electrons. The van der Waals surface area contributed by atoms with Crippen LogP contribution in [-0.4, -0.2) is 13.4 Å². The van der Waals surface area contributed by atoms with Crippen molar-refractivity contribution in [2.45, 2.75) is 38.5 Å². The highest BCUT2D eigenvalue weighted by atomic mass is 32.2. The SMILES string of the molecule is Cc1nc(C)c(C(C)NS(=O)(=O)c2ccc(CN)o2)s1. The minimum atomic E-state index is -3.70. The number of hydrogen-bond donors (Lipinski definition) is 2. The third-order valence-corrected chi connectivity index (χ3v) is 5.44. The van der Waals surface area contributed by atoms with Crippen LogP contribution in [-0.2, 0) is 16.6 Å². The standard InChI is InChI=1S/C12H17N3O3S2/c1-7-12(19-9(3)14-7)8(2)15-20(16,17)11-5-4-10(6-13)18-11/h4-5,8,15H,6,13H2,1-3H3. The van der Waals surface area contributed by atoms with Crippen LogP contribution in [0.25, 0.3) is 0 Å². The molecule has 0 aliphatic heterocycles. The molecule has 2 aromatic heterocycles. The lowest BCUT2D eigenvalue weighted by Crippen LogP contribution is -2.26. The molecule has 20 heavy (non-hydrogen) atoms. The first kappa shape index (κ1) is 15.2. The lowest BCUT2D eigenvalue weighted by Gasteiger charge is -2.11. The van der Waals surface area contributed by atoms with Gasteiger partial charge in [0, 0.05) is 4.88 Å². The van der Waals surface area contributed by atoms with Crippen LogP contribution in [0.4, 0.5) is 0 Å². The predicted octanol–water partition coefficient (Wildman–Crippen LogP) is 1.85. The number of aromatic nitrogens is 1. The van der Waals surface area contributed by atoms with Gasteiger partial charge in [-0.3, -0.25) is 0 Å². The fourth-order valence-electron chi connectivity index (χ4n) is 1.91.